The Bertz CT molecular complexity index is 368. The summed E-state index contributed by atoms with van der Waals surface area (Å²) in [6.45, 7) is 9.10. The summed E-state index contributed by atoms with van der Waals surface area (Å²) >= 11 is 0. The van der Waals surface area contributed by atoms with Crippen molar-refractivity contribution in [1.82, 2.24) is 4.98 Å². The average molecular weight is 205 g/mol. The first-order valence-electron chi connectivity index (χ1n) is 5.34. The second-order valence-electron chi connectivity index (χ2n) is 5.50. The van der Waals surface area contributed by atoms with Crippen molar-refractivity contribution in [3.8, 4) is 0 Å². The molecular formula is C12H19N3. The van der Waals surface area contributed by atoms with Gasteiger partial charge in [-0.05, 0) is 16.9 Å². The predicted molar refractivity (Wildman–Crippen MR) is 63.6 cm³/mol. The number of hydrogen-bond acceptors (Lipinski definition) is 3. The van der Waals surface area contributed by atoms with E-state index in [2.05, 4.69) is 38.0 Å². The van der Waals surface area contributed by atoms with Gasteiger partial charge in [0.05, 0.1) is 0 Å². The minimum atomic E-state index is 0.319. The van der Waals surface area contributed by atoms with Gasteiger partial charge >= 0.3 is 0 Å². The average Bonchev–Trinajstić information content (AvgIpc) is 2.48. The van der Waals surface area contributed by atoms with Crippen molar-refractivity contribution in [2.24, 2.45) is 10.8 Å². The molecule has 0 bridgehead atoms. The van der Waals surface area contributed by atoms with E-state index in [-0.39, 0.29) is 0 Å². The lowest BCUT2D eigenvalue weighted by Crippen LogP contribution is -2.11. The Hall–Kier alpha value is -1.25. The van der Waals surface area contributed by atoms with Crippen LogP contribution in [0.25, 0.3) is 0 Å². The molecule has 1 saturated carbocycles. The maximum absolute atomic E-state index is 5.71. The first kappa shape index (κ1) is 10.3. The number of hydrogen-bond donors (Lipinski definition) is 2. The van der Waals surface area contributed by atoms with Crippen LogP contribution >= 0.6 is 0 Å². The Balaban J connectivity index is 2.12. The summed E-state index contributed by atoms with van der Waals surface area (Å²) in [5.74, 6) is 0.874. The van der Waals surface area contributed by atoms with Crippen LogP contribution in [0.4, 0.5) is 11.5 Å². The standard InChI is InChI=1S/C12H19N3/c1-11(2)10(12(11,3)4)15-9-7-8(13)5-6-14-9/h5-7,10H,1-4H3,(H3,13,14,15). The molecule has 0 atom stereocenters. The normalized spacial score (nSPS) is 22.4. The number of rotatable bonds is 2. The summed E-state index contributed by atoms with van der Waals surface area (Å²) in [4.78, 5) is 4.26. The second kappa shape index (κ2) is 2.87. The van der Waals surface area contributed by atoms with E-state index >= 15 is 0 Å². The Morgan fingerprint density at radius 3 is 2.33 bits per heavy atom. The van der Waals surface area contributed by atoms with Gasteiger partial charge in [0.15, 0.2) is 0 Å². The molecule has 2 rings (SSSR count). The van der Waals surface area contributed by atoms with Gasteiger partial charge in [-0.15, -0.1) is 0 Å². The minimum Gasteiger partial charge on any atom is -0.399 e. The summed E-state index contributed by atoms with van der Waals surface area (Å²) in [6.07, 6.45) is 1.74. The van der Waals surface area contributed by atoms with Gasteiger partial charge in [0.25, 0.3) is 0 Å². The number of nitrogens with two attached hydrogens (primary N) is 1. The van der Waals surface area contributed by atoms with Crippen molar-refractivity contribution in [3.05, 3.63) is 18.3 Å². The molecule has 1 aromatic rings. The molecule has 0 aromatic carbocycles. The van der Waals surface area contributed by atoms with Gasteiger partial charge in [-0.25, -0.2) is 4.98 Å². The molecule has 82 valence electrons. The van der Waals surface area contributed by atoms with Crippen molar-refractivity contribution < 1.29 is 0 Å². The zero-order valence-corrected chi connectivity index (χ0v) is 9.83. The van der Waals surface area contributed by atoms with Crippen LogP contribution in [-0.2, 0) is 0 Å². The molecule has 0 radical (unpaired) electrons. The summed E-state index contributed by atoms with van der Waals surface area (Å²) in [7, 11) is 0. The first-order valence-corrected chi connectivity index (χ1v) is 5.34. The largest absolute Gasteiger partial charge is 0.399 e. The van der Waals surface area contributed by atoms with Gasteiger partial charge < -0.3 is 11.1 Å². The summed E-state index contributed by atoms with van der Waals surface area (Å²) in [5, 5.41) is 3.45. The third-order valence-corrected chi connectivity index (χ3v) is 4.10. The number of anilines is 2. The van der Waals surface area contributed by atoms with E-state index in [4.69, 9.17) is 5.73 Å². The number of aromatic nitrogens is 1. The lowest BCUT2D eigenvalue weighted by atomic mass is 10.0. The minimum absolute atomic E-state index is 0.319. The van der Waals surface area contributed by atoms with Crippen molar-refractivity contribution in [1.29, 1.82) is 0 Å². The van der Waals surface area contributed by atoms with Gasteiger partial charge in [0.2, 0.25) is 0 Å². The van der Waals surface area contributed by atoms with Crippen LogP contribution < -0.4 is 11.1 Å². The van der Waals surface area contributed by atoms with Crippen molar-refractivity contribution in [2.75, 3.05) is 11.1 Å². The monoisotopic (exact) mass is 205 g/mol. The van der Waals surface area contributed by atoms with Crippen LogP contribution in [0.1, 0.15) is 27.7 Å². The molecule has 1 heterocycles. The third kappa shape index (κ3) is 1.46. The first-order chi connectivity index (χ1) is 6.85. The van der Waals surface area contributed by atoms with Crippen molar-refractivity contribution >= 4 is 11.5 Å². The molecule has 3 N–H and O–H groups in total. The predicted octanol–water partition coefficient (Wildman–Crippen LogP) is 2.51. The fourth-order valence-corrected chi connectivity index (χ4v) is 2.23. The molecule has 1 aliphatic carbocycles. The van der Waals surface area contributed by atoms with Crippen LogP contribution in [0.2, 0.25) is 0 Å². The van der Waals surface area contributed by atoms with Crippen molar-refractivity contribution in [3.63, 3.8) is 0 Å². The van der Waals surface area contributed by atoms with Gasteiger partial charge in [0, 0.05) is 24.0 Å². The molecule has 1 fully saturated rings. The molecule has 3 heteroatoms. The molecule has 3 nitrogen and oxygen atoms in total. The zero-order chi connectivity index (χ0) is 11.3. The maximum Gasteiger partial charge on any atom is 0.128 e. The highest BCUT2D eigenvalue weighted by molar-refractivity contribution is 5.51. The van der Waals surface area contributed by atoms with E-state index in [0.717, 1.165) is 11.5 Å². The van der Waals surface area contributed by atoms with E-state index in [9.17, 15) is 0 Å². The lowest BCUT2D eigenvalue weighted by molar-refractivity contribution is 0.457. The highest BCUT2D eigenvalue weighted by atomic mass is 15.1. The quantitative estimate of drug-likeness (QED) is 0.780. The molecule has 0 amide bonds. The molecular weight excluding hydrogens is 186 g/mol. The second-order valence-corrected chi connectivity index (χ2v) is 5.50. The summed E-state index contributed by atoms with van der Waals surface area (Å²) < 4.78 is 0. The third-order valence-electron chi connectivity index (χ3n) is 4.10. The summed E-state index contributed by atoms with van der Waals surface area (Å²) in [5.41, 5.74) is 7.10. The number of nitrogens with one attached hydrogen (secondary N) is 1. The number of pyridine rings is 1. The molecule has 0 saturated heterocycles. The summed E-state index contributed by atoms with van der Waals surface area (Å²) in [6, 6.07) is 4.15. The molecule has 1 aromatic heterocycles. The van der Waals surface area contributed by atoms with Crippen LogP contribution in [0, 0.1) is 10.8 Å². The Labute approximate surface area is 91.1 Å². The topological polar surface area (TPSA) is 50.9 Å². The van der Waals surface area contributed by atoms with Gasteiger partial charge in [-0.2, -0.15) is 0 Å². The van der Waals surface area contributed by atoms with E-state index in [0.29, 0.717) is 16.9 Å². The molecule has 15 heavy (non-hydrogen) atoms. The fourth-order valence-electron chi connectivity index (χ4n) is 2.23. The van der Waals surface area contributed by atoms with Gasteiger partial charge in [0.1, 0.15) is 5.82 Å². The van der Waals surface area contributed by atoms with Gasteiger partial charge in [-0.3, -0.25) is 0 Å². The van der Waals surface area contributed by atoms with Crippen LogP contribution in [0.5, 0.6) is 0 Å². The van der Waals surface area contributed by atoms with Crippen LogP contribution in [0.15, 0.2) is 18.3 Å². The SMILES string of the molecule is CC1(C)C(Nc2cc(N)ccn2)C1(C)C. The molecule has 1 aliphatic rings. The van der Waals surface area contributed by atoms with Crippen LogP contribution in [-0.4, -0.2) is 11.0 Å². The molecule has 0 spiro atoms. The smallest absolute Gasteiger partial charge is 0.128 e. The maximum atomic E-state index is 5.71. The Morgan fingerprint density at radius 2 is 1.87 bits per heavy atom. The Kier molecular flexibility index (Phi) is 1.97. The molecule has 0 unspecified atom stereocenters. The number of nitrogens with zero attached hydrogens (tertiary/aromatic N) is 1. The fraction of sp³-hybridized carbons (Fsp3) is 0.583. The lowest BCUT2D eigenvalue weighted by Gasteiger charge is -2.07. The number of nitrogen functional groups attached to an aromatic ring is 1. The van der Waals surface area contributed by atoms with E-state index in [1.165, 1.54) is 0 Å². The zero-order valence-electron chi connectivity index (χ0n) is 9.83. The van der Waals surface area contributed by atoms with Crippen molar-refractivity contribution in [2.45, 2.75) is 33.7 Å². The van der Waals surface area contributed by atoms with Crippen LogP contribution in [0.3, 0.4) is 0 Å². The van der Waals surface area contributed by atoms with E-state index in [1.54, 1.807) is 12.3 Å². The highest BCUT2D eigenvalue weighted by Gasteiger charge is 2.65. The Morgan fingerprint density at radius 1 is 1.27 bits per heavy atom. The van der Waals surface area contributed by atoms with E-state index in [1.807, 2.05) is 6.07 Å². The van der Waals surface area contributed by atoms with E-state index < -0.39 is 0 Å². The highest BCUT2D eigenvalue weighted by Crippen LogP contribution is 2.63. The van der Waals surface area contributed by atoms with Gasteiger partial charge in [-0.1, -0.05) is 27.7 Å². The molecule has 0 aliphatic heterocycles.